The summed E-state index contributed by atoms with van der Waals surface area (Å²) in [4.78, 5) is 12.3. The smallest absolute Gasteiger partial charge is 0.0401 e. The summed E-state index contributed by atoms with van der Waals surface area (Å²) < 4.78 is 0. The van der Waals surface area contributed by atoms with Crippen LogP contribution in [0, 0.1) is 48.5 Å². The van der Waals surface area contributed by atoms with Crippen molar-refractivity contribution in [3.8, 4) is 0 Å². The number of aryl methyl sites for hydroxylation is 7. The van der Waals surface area contributed by atoms with Gasteiger partial charge in [0.15, 0.2) is 0 Å². The first kappa shape index (κ1) is 20.5. The summed E-state index contributed by atoms with van der Waals surface area (Å²) >= 11 is 0. The van der Waals surface area contributed by atoms with E-state index in [1.165, 1.54) is 22.3 Å². The van der Waals surface area contributed by atoms with Crippen molar-refractivity contribution in [2.75, 3.05) is 0 Å². The summed E-state index contributed by atoms with van der Waals surface area (Å²) in [6.07, 6.45) is 5.57. The lowest BCUT2D eigenvalue weighted by molar-refractivity contribution is 1.12. The van der Waals surface area contributed by atoms with Crippen LogP contribution in [0.1, 0.15) is 39.3 Å². The van der Waals surface area contributed by atoms with Gasteiger partial charge in [-0.1, -0.05) is 18.2 Å². The van der Waals surface area contributed by atoms with E-state index in [9.17, 15) is 0 Å². The first-order chi connectivity index (χ1) is 11.8. The van der Waals surface area contributed by atoms with Gasteiger partial charge >= 0.3 is 0 Å². The Bertz CT molecular complexity index is 736. The first-order valence-electron chi connectivity index (χ1n) is 8.47. The molecule has 3 heteroatoms. The normalized spacial score (nSPS) is 9.40. The number of hydrogen-bond acceptors (Lipinski definition) is 3. The SMILES string of the molecule is Cc1ccc(C)nc1.Cc1cccnc1C.Cc1cnc(C)c(C)c1. The number of rotatable bonds is 0. The van der Waals surface area contributed by atoms with Gasteiger partial charge in [0.05, 0.1) is 0 Å². The van der Waals surface area contributed by atoms with E-state index in [0.29, 0.717) is 0 Å². The minimum atomic E-state index is 1.08. The fourth-order valence-electron chi connectivity index (χ4n) is 1.89. The monoisotopic (exact) mass is 335 g/mol. The molecule has 0 atom stereocenters. The Hall–Kier alpha value is -2.55. The van der Waals surface area contributed by atoms with Crippen LogP contribution in [0.5, 0.6) is 0 Å². The molecule has 3 aromatic heterocycles. The summed E-state index contributed by atoms with van der Waals surface area (Å²) in [7, 11) is 0. The molecule has 0 aromatic carbocycles. The van der Waals surface area contributed by atoms with E-state index in [-0.39, 0.29) is 0 Å². The third-order valence-electron chi connectivity index (χ3n) is 3.81. The zero-order valence-electron chi connectivity index (χ0n) is 16.5. The summed E-state index contributed by atoms with van der Waals surface area (Å²) in [5.41, 5.74) is 8.31. The van der Waals surface area contributed by atoms with Crippen LogP contribution in [0.15, 0.2) is 48.9 Å². The second-order valence-corrected chi connectivity index (χ2v) is 6.30. The maximum atomic E-state index is 4.18. The molecule has 0 aliphatic carbocycles. The molecule has 0 amide bonds. The largest absolute Gasteiger partial charge is 0.261 e. The summed E-state index contributed by atoms with van der Waals surface area (Å²) in [5.74, 6) is 0. The van der Waals surface area contributed by atoms with Crippen molar-refractivity contribution in [1.29, 1.82) is 0 Å². The standard InChI is InChI=1S/C8H11N.2C7H9N/c1-6-4-7(2)8(3)9-5-6;1-6-3-4-7(2)8-5-6;1-6-4-3-5-8-7(6)2/h4-5H,1-3H3;2*3-5H,1-2H3. The fourth-order valence-corrected chi connectivity index (χ4v) is 1.89. The van der Waals surface area contributed by atoms with Crippen molar-refractivity contribution < 1.29 is 0 Å². The summed E-state index contributed by atoms with van der Waals surface area (Å²) in [5, 5.41) is 0. The molecule has 3 rings (SSSR count). The van der Waals surface area contributed by atoms with Gasteiger partial charge in [0, 0.05) is 35.7 Å². The molecule has 0 saturated carbocycles. The molecule has 0 fully saturated rings. The lowest BCUT2D eigenvalue weighted by Gasteiger charge is -1.97. The van der Waals surface area contributed by atoms with Crippen molar-refractivity contribution in [2.45, 2.75) is 48.5 Å². The molecular formula is C22H29N3. The van der Waals surface area contributed by atoms with Crippen LogP contribution in [-0.2, 0) is 0 Å². The maximum Gasteiger partial charge on any atom is 0.0401 e. The van der Waals surface area contributed by atoms with Crippen LogP contribution >= 0.6 is 0 Å². The van der Waals surface area contributed by atoms with Gasteiger partial charge in [-0.05, 0) is 82.9 Å². The van der Waals surface area contributed by atoms with Crippen molar-refractivity contribution in [3.05, 3.63) is 88.3 Å². The molecule has 132 valence electrons. The Balaban J connectivity index is 0.000000188. The molecule has 3 heterocycles. The molecule has 0 aliphatic heterocycles. The van der Waals surface area contributed by atoms with Crippen LogP contribution in [0.25, 0.3) is 0 Å². The van der Waals surface area contributed by atoms with Gasteiger partial charge in [-0.15, -0.1) is 0 Å². The van der Waals surface area contributed by atoms with Crippen LogP contribution in [-0.4, -0.2) is 15.0 Å². The Morgan fingerprint density at radius 1 is 0.600 bits per heavy atom. The topological polar surface area (TPSA) is 38.7 Å². The van der Waals surface area contributed by atoms with E-state index in [1.54, 1.807) is 0 Å². The molecule has 3 aromatic rings. The second kappa shape index (κ2) is 10.3. The number of pyridine rings is 3. The van der Waals surface area contributed by atoms with Gasteiger partial charge in [0.25, 0.3) is 0 Å². The Morgan fingerprint density at radius 3 is 1.64 bits per heavy atom. The molecule has 0 aliphatic rings. The first-order valence-corrected chi connectivity index (χ1v) is 8.47. The minimum Gasteiger partial charge on any atom is -0.261 e. The zero-order valence-corrected chi connectivity index (χ0v) is 16.5. The molecule has 3 nitrogen and oxygen atoms in total. The van der Waals surface area contributed by atoms with Crippen molar-refractivity contribution >= 4 is 0 Å². The molecule has 0 saturated heterocycles. The third kappa shape index (κ3) is 8.20. The highest BCUT2D eigenvalue weighted by molar-refractivity contribution is 5.21. The van der Waals surface area contributed by atoms with Gasteiger partial charge in [-0.25, -0.2) is 0 Å². The van der Waals surface area contributed by atoms with Crippen LogP contribution in [0.4, 0.5) is 0 Å². The van der Waals surface area contributed by atoms with Gasteiger partial charge in [-0.2, -0.15) is 0 Å². The quantitative estimate of drug-likeness (QED) is 0.552. The van der Waals surface area contributed by atoms with E-state index in [2.05, 4.69) is 53.9 Å². The van der Waals surface area contributed by atoms with Gasteiger partial charge < -0.3 is 0 Å². The average Bonchev–Trinajstić information content (AvgIpc) is 2.58. The van der Waals surface area contributed by atoms with E-state index in [0.717, 1.165) is 17.1 Å². The zero-order chi connectivity index (χ0) is 18.8. The Kier molecular flexibility index (Phi) is 8.48. The lowest BCUT2D eigenvalue weighted by atomic mass is 10.2. The Morgan fingerprint density at radius 2 is 1.24 bits per heavy atom. The van der Waals surface area contributed by atoms with Gasteiger partial charge in [0.1, 0.15) is 0 Å². The highest BCUT2D eigenvalue weighted by Crippen LogP contribution is 2.03. The minimum absolute atomic E-state index is 1.08. The maximum absolute atomic E-state index is 4.18. The van der Waals surface area contributed by atoms with Gasteiger partial charge in [-0.3, -0.25) is 15.0 Å². The second-order valence-electron chi connectivity index (χ2n) is 6.30. The molecule has 0 N–H and O–H groups in total. The van der Waals surface area contributed by atoms with Crippen LogP contribution in [0.3, 0.4) is 0 Å². The Labute approximate surface area is 152 Å². The highest BCUT2D eigenvalue weighted by Gasteiger charge is 1.90. The predicted octanol–water partition coefficient (Wildman–Crippen LogP) is 5.40. The van der Waals surface area contributed by atoms with E-state index in [4.69, 9.17) is 0 Å². The molecule has 0 bridgehead atoms. The van der Waals surface area contributed by atoms with Crippen LogP contribution in [0.2, 0.25) is 0 Å². The van der Waals surface area contributed by atoms with Crippen molar-refractivity contribution in [1.82, 2.24) is 15.0 Å². The van der Waals surface area contributed by atoms with E-state index >= 15 is 0 Å². The molecular weight excluding hydrogens is 306 g/mol. The van der Waals surface area contributed by atoms with E-state index in [1.807, 2.05) is 58.4 Å². The molecule has 0 radical (unpaired) electrons. The third-order valence-corrected chi connectivity index (χ3v) is 3.81. The number of hydrogen-bond donors (Lipinski definition) is 0. The van der Waals surface area contributed by atoms with Gasteiger partial charge in [0.2, 0.25) is 0 Å². The average molecular weight is 335 g/mol. The predicted molar refractivity (Wildman–Crippen MR) is 106 cm³/mol. The number of nitrogens with zero attached hydrogens (tertiary/aromatic N) is 3. The number of aromatic nitrogens is 3. The van der Waals surface area contributed by atoms with Crippen molar-refractivity contribution in [2.24, 2.45) is 0 Å². The van der Waals surface area contributed by atoms with E-state index < -0.39 is 0 Å². The highest BCUT2D eigenvalue weighted by atomic mass is 14.7. The summed E-state index contributed by atoms with van der Waals surface area (Å²) in [6, 6.07) is 10.2. The molecule has 25 heavy (non-hydrogen) atoms. The van der Waals surface area contributed by atoms with Crippen LogP contribution < -0.4 is 0 Å². The fraction of sp³-hybridized carbons (Fsp3) is 0.318. The molecule has 0 spiro atoms. The summed E-state index contributed by atoms with van der Waals surface area (Å²) in [6.45, 7) is 14.2. The molecule has 0 unspecified atom stereocenters. The van der Waals surface area contributed by atoms with Crippen molar-refractivity contribution in [3.63, 3.8) is 0 Å². The lowest BCUT2D eigenvalue weighted by Crippen LogP contribution is -1.85.